The van der Waals surface area contributed by atoms with Crippen LogP contribution in [0.5, 0.6) is 47.0 Å². The van der Waals surface area contributed by atoms with Crippen molar-refractivity contribution in [1.29, 1.82) is 0 Å². The Balaban J connectivity index is 1.24. The van der Waals surface area contributed by atoms with Gasteiger partial charge in [-0.3, -0.25) is 0 Å². The fourth-order valence-corrected chi connectivity index (χ4v) is 4.75. The Hall–Kier alpha value is -6.38. The van der Waals surface area contributed by atoms with Gasteiger partial charge in [-0.2, -0.15) is 19.9 Å². The van der Waals surface area contributed by atoms with E-state index in [1.165, 1.54) is 36.4 Å². The van der Waals surface area contributed by atoms with E-state index in [2.05, 4.69) is 29.9 Å². The van der Waals surface area contributed by atoms with E-state index < -0.39 is 11.9 Å². The number of carbonyl (C=O) groups excluding carboxylic acids is 2. The molecule has 0 N–H and O–H groups in total. The van der Waals surface area contributed by atoms with Crippen molar-refractivity contribution < 1.29 is 38.0 Å². The first kappa shape index (κ1) is 32.2. The van der Waals surface area contributed by atoms with Gasteiger partial charge in [-0.05, 0) is 58.6 Å². The number of benzene rings is 4. The minimum atomic E-state index is -0.689. The molecule has 0 radical (unpaired) electrons. The molecule has 0 unspecified atom stereocenters. The maximum Gasteiger partial charge on any atom is 0.338 e. The lowest BCUT2D eigenvalue weighted by Crippen LogP contribution is -2.07. The van der Waals surface area contributed by atoms with Crippen LogP contribution in [0.15, 0.2) is 97.1 Å². The first-order chi connectivity index (χ1) is 24.3. The van der Waals surface area contributed by atoms with Gasteiger partial charge in [-0.25, -0.2) is 9.59 Å². The molecule has 1 aliphatic rings. The summed E-state index contributed by atoms with van der Waals surface area (Å²) in [7, 11) is 0. The average Bonchev–Trinajstić information content (AvgIpc) is 3.09. The summed E-state index contributed by atoms with van der Waals surface area (Å²) in [6.07, 6.45) is 0. The number of hydrogen-bond donors (Lipinski definition) is 0. The lowest BCUT2D eigenvalue weighted by molar-refractivity contribution is 0.0463. The van der Waals surface area contributed by atoms with Crippen molar-refractivity contribution in [3.8, 4) is 47.0 Å². The molecule has 0 amide bonds. The van der Waals surface area contributed by atoms with Crippen molar-refractivity contribution in [2.45, 2.75) is 13.2 Å². The fourth-order valence-electron chi connectivity index (χ4n) is 4.46. The van der Waals surface area contributed by atoms with Gasteiger partial charge in [0.1, 0.15) is 36.2 Å². The lowest BCUT2D eigenvalue weighted by Gasteiger charge is -2.13. The zero-order valence-electron chi connectivity index (χ0n) is 25.4. The van der Waals surface area contributed by atoms with Gasteiger partial charge in [-0.15, -0.1) is 9.97 Å². The van der Waals surface area contributed by atoms with Crippen molar-refractivity contribution in [1.82, 2.24) is 29.9 Å². The molecular formula is C34H20Cl2N6O8. The minimum Gasteiger partial charge on any atom is -0.457 e. The molecule has 4 aromatic carbocycles. The van der Waals surface area contributed by atoms with Crippen LogP contribution in [0.25, 0.3) is 0 Å². The molecule has 8 bridgehead atoms. The number of halogens is 2. The molecular weight excluding hydrogens is 691 g/mol. The van der Waals surface area contributed by atoms with Crippen molar-refractivity contribution in [2.75, 3.05) is 0 Å². The van der Waals surface area contributed by atoms with Crippen molar-refractivity contribution in [3.63, 3.8) is 0 Å². The molecule has 3 heterocycles. The number of esters is 2. The number of nitrogens with zero attached hydrogens (tertiary/aromatic N) is 6. The minimum absolute atomic E-state index is 0.0150. The topological polar surface area (TPSA) is 167 Å². The van der Waals surface area contributed by atoms with E-state index in [4.69, 9.17) is 51.6 Å². The normalized spacial score (nSPS) is 11.6. The average molecular weight is 711 g/mol. The summed E-state index contributed by atoms with van der Waals surface area (Å²) in [6, 6.07) is 25.4. The van der Waals surface area contributed by atoms with E-state index >= 15 is 0 Å². The summed E-state index contributed by atoms with van der Waals surface area (Å²) in [5, 5.41) is -0.559. The third-order valence-corrected chi connectivity index (χ3v) is 6.97. The van der Waals surface area contributed by atoms with E-state index in [-0.39, 0.29) is 81.9 Å². The van der Waals surface area contributed by atoms with Crippen LogP contribution < -0.4 is 18.9 Å². The van der Waals surface area contributed by atoms with Crippen LogP contribution in [-0.2, 0) is 22.7 Å². The van der Waals surface area contributed by atoms with Crippen molar-refractivity contribution in [3.05, 3.63) is 130 Å². The molecule has 0 saturated carbocycles. The van der Waals surface area contributed by atoms with Gasteiger partial charge >= 0.3 is 36.0 Å². The number of fused-ring (bicyclic) bond motifs is 8. The van der Waals surface area contributed by atoms with Gasteiger partial charge in [0, 0.05) is 12.1 Å². The summed E-state index contributed by atoms with van der Waals surface area (Å²) in [5.41, 5.74) is 1.66. The number of hydrogen-bond acceptors (Lipinski definition) is 14. The van der Waals surface area contributed by atoms with Crippen LogP contribution in [-0.4, -0.2) is 41.8 Å². The number of carbonyl (C=O) groups is 2. The number of ether oxygens (including phenoxy) is 6. The maximum atomic E-state index is 13.1. The highest BCUT2D eigenvalue weighted by Gasteiger charge is 2.20. The monoisotopic (exact) mass is 710 g/mol. The molecule has 14 nitrogen and oxygen atoms in total. The zero-order valence-corrected chi connectivity index (χ0v) is 26.9. The summed E-state index contributed by atoms with van der Waals surface area (Å²) >= 11 is 12.4. The van der Waals surface area contributed by atoms with E-state index in [1.54, 1.807) is 0 Å². The smallest absolute Gasteiger partial charge is 0.338 e. The highest BCUT2D eigenvalue weighted by molar-refractivity contribution is 6.28. The third kappa shape index (κ3) is 8.18. The predicted octanol–water partition coefficient (Wildman–Crippen LogP) is 7.56. The van der Waals surface area contributed by atoms with E-state index in [1.807, 2.05) is 60.7 Å². The Morgan fingerprint density at radius 1 is 0.480 bits per heavy atom. The van der Waals surface area contributed by atoms with Gasteiger partial charge in [0.2, 0.25) is 10.6 Å². The standard InChI is InChI=1S/C34H20Cl2N6O8/c35-29-37-31-41-33(39-29)49-25-13-22(28(44)46-18-20-9-5-2-6-10-20)14-26(16-25)50-34-40-30(36)38-32(42-34)48-24-12-21(11-23(15-24)47-31)27(43)45-17-19-7-3-1-4-8-19/h1-16H,17-18H2. The van der Waals surface area contributed by atoms with Crippen LogP contribution in [0.3, 0.4) is 0 Å². The Labute approximate surface area is 292 Å². The second-order valence-electron chi connectivity index (χ2n) is 10.3. The molecule has 0 fully saturated rings. The second kappa shape index (κ2) is 14.4. The van der Waals surface area contributed by atoms with Gasteiger partial charge in [0.25, 0.3) is 0 Å². The van der Waals surface area contributed by atoms with Gasteiger partial charge in [0.05, 0.1) is 11.1 Å². The van der Waals surface area contributed by atoms with Crippen molar-refractivity contribution in [2.24, 2.45) is 0 Å². The lowest BCUT2D eigenvalue weighted by atomic mass is 10.2. The zero-order chi connectivity index (χ0) is 34.5. The predicted molar refractivity (Wildman–Crippen MR) is 174 cm³/mol. The van der Waals surface area contributed by atoms with Crippen molar-refractivity contribution >= 4 is 35.1 Å². The second-order valence-corrected chi connectivity index (χ2v) is 10.9. The fraction of sp³-hybridized carbons (Fsp3) is 0.0588. The SMILES string of the molecule is O=C(OCc1ccccc1)c1cc2cc(c1)Oc1nc(Cl)nc(n1)Oc1cc(cc(C(=O)OCc3ccccc3)c1)Oc1nc(Cl)nc(n1)O2. The van der Waals surface area contributed by atoms with E-state index in [0.29, 0.717) is 0 Å². The largest absolute Gasteiger partial charge is 0.457 e. The molecule has 2 aromatic heterocycles. The first-order valence-corrected chi connectivity index (χ1v) is 15.3. The first-order valence-electron chi connectivity index (χ1n) is 14.6. The Morgan fingerprint density at radius 3 is 1.12 bits per heavy atom. The van der Waals surface area contributed by atoms with Crippen LogP contribution in [0.4, 0.5) is 0 Å². The molecule has 0 spiro atoms. The Morgan fingerprint density at radius 2 is 0.800 bits per heavy atom. The number of aromatic nitrogens is 6. The van der Waals surface area contributed by atoms with Gasteiger partial charge in [0.15, 0.2) is 0 Å². The van der Waals surface area contributed by atoms with E-state index in [9.17, 15) is 9.59 Å². The molecule has 0 atom stereocenters. The molecule has 16 heteroatoms. The Bertz CT molecular complexity index is 1970. The van der Waals surface area contributed by atoms with Gasteiger partial charge in [-0.1, -0.05) is 60.7 Å². The van der Waals surface area contributed by atoms with Crippen LogP contribution in [0.2, 0.25) is 10.6 Å². The van der Waals surface area contributed by atoms with Crippen LogP contribution >= 0.6 is 23.2 Å². The van der Waals surface area contributed by atoms with Crippen LogP contribution in [0.1, 0.15) is 31.8 Å². The molecule has 0 saturated heterocycles. The summed E-state index contributed by atoms with van der Waals surface area (Å²) < 4.78 is 34.5. The number of rotatable bonds is 6. The van der Waals surface area contributed by atoms with E-state index in [0.717, 1.165) is 11.1 Å². The summed E-state index contributed by atoms with van der Waals surface area (Å²) in [4.78, 5) is 50.7. The summed E-state index contributed by atoms with van der Waals surface area (Å²) in [6.45, 7) is 0.0300. The quantitative estimate of drug-likeness (QED) is 0.155. The summed E-state index contributed by atoms with van der Waals surface area (Å²) in [5.74, 6) is -1.22. The van der Waals surface area contributed by atoms with Crippen LogP contribution in [0, 0.1) is 0 Å². The third-order valence-electron chi connectivity index (χ3n) is 6.63. The molecule has 1 aliphatic heterocycles. The molecule has 7 rings (SSSR count). The molecule has 0 aliphatic carbocycles. The maximum absolute atomic E-state index is 13.1. The highest BCUT2D eigenvalue weighted by Crippen LogP contribution is 2.34. The molecule has 50 heavy (non-hydrogen) atoms. The Kier molecular flexibility index (Phi) is 9.26. The molecule has 248 valence electrons. The van der Waals surface area contributed by atoms with Gasteiger partial charge < -0.3 is 28.4 Å². The molecule has 6 aromatic rings. The highest BCUT2D eigenvalue weighted by atomic mass is 35.5.